The second-order valence-electron chi connectivity index (χ2n) is 3.71. The summed E-state index contributed by atoms with van der Waals surface area (Å²) < 4.78 is 0. The summed E-state index contributed by atoms with van der Waals surface area (Å²) in [5, 5.41) is 4.76. The predicted molar refractivity (Wildman–Crippen MR) is 68.1 cm³/mol. The fourth-order valence-electron chi connectivity index (χ4n) is 1.90. The number of rotatable bonds is 1. The molecule has 0 bridgehead atoms. The van der Waals surface area contributed by atoms with Gasteiger partial charge in [-0.05, 0) is 33.7 Å². The van der Waals surface area contributed by atoms with Crippen molar-refractivity contribution in [3.8, 4) is 0 Å². The Labute approximate surface area is 89.9 Å². The number of allylic oxidation sites excluding steroid dienone is 1. The zero-order valence-electron chi connectivity index (χ0n) is 8.96. The molecule has 2 aromatic rings. The smallest absolute Gasteiger partial charge is 0.0103 e. The van der Waals surface area contributed by atoms with Crippen LogP contribution in [-0.2, 0) is 0 Å². The first kappa shape index (κ1) is 9.72. The van der Waals surface area contributed by atoms with E-state index in [-0.39, 0.29) is 0 Å². The van der Waals surface area contributed by atoms with Gasteiger partial charge in [-0.1, -0.05) is 55.6 Å². The van der Waals surface area contributed by atoms with E-state index in [1.54, 1.807) is 0 Å². The summed E-state index contributed by atoms with van der Waals surface area (Å²) in [6.07, 6.45) is 3.83. The Kier molecular flexibility index (Phi) is 2.42. The molecule has 0 aliphatic rings. The van der Waals surface area contributed by atoms with Crippen molar-refractivity contribution in [3.05, 3.63) is 59.0 Å². The third-order valence-corrected chi connectivity index (χ3v) is 2.70. The lowest BCUT2D eigenvalue weighted by molar-refractivity contribution is 1.50. The molecule has 0 N–H and O–H groups in total. The minimum absolute atomic E-state index is 1.05. The third-order valence-electron chi connectivity index (χ3n) is 2.70. The highest BCUT2D eigenvalue weighted by molar-refractivity contribution is 5.86. The van der Waals surface area contributed by atoms with Gasteiger partial charge in [0.15, 0.2) is 0 Å². The van der Waals surface area contributed by atoms with E-state index in [4.69, 9.17) is 0 Å². The highest BCUT2D eigenvalue weighted by Crippen LogP contribution is 2.12. The highest BCUT2D eigenvalue weighted by Gasteiger charge is 1.97. The van der Waals surface area contributed by atoms with Crippen LogP contribution in [-0.4, -0.2) is 0 Å². The Hall–Kier alpha value is -1.82. The van der Waals surface area contributed by atoms with Crippen LogP contribution in [0, 0.1) is 6.92 Å². The Morgan fingerprint density at radius 1 is 1.07 bits per heavy atom. The maximum absolute atomic E-state index is 4.04. The van der Waals surface area contributed by atoms with Crippen LogP contribution in [0.2, 0.25) is 0 Å². The van der Waals surface area contributed by atoms with Gasteiger partial charge in [0, 0.05) is 0 Å². The van der Waals surface area contributed by atoms with Gasteiger partial charge in [0.2, 0.25) is 0 Å². The standard InChI is InChI=1S/C15H14/c1-4-6-13-12(3)9-10-14-11(2)7-5-8-15(13)14/h4-10H,1,3H2,2H3/b13-6+. The minimum atomic E-state index is 1.05. The highest BCUT2D eigenvalue weighted by atomic mass is 14.0. The van der Waals surface area contributed by atoms with Gasteiger partial charge in [0.1, 0.15) is 0 Å². The van der Waals surface area contributed by atoms with Crippen molar-refractivity contribution in [2.45, 2.75) is 6.92 Å². The first-order chi connectivity index (χ1) is 7.24. The molecular weight excluding hydrogens is 180 g/mol. The Bertz CT molecular complexity index is 618. The topological polar surface area (TPSA) is 0 Å². The van der Waals surface area contributed by atoms with Crippen LogP contribution in [0.1, 0.15) is 5.56 Å². The first-order valence-corrected chi connectivity index (χ1v) is 5.04. The summed E-state index contributed by atoms with van der Waals surface area (Å²) in [4.78, 5) is 0. The molecule has 0 aromatic heterocycles. The molecule has 0 spiro atoms. The van der Waals surface area contributed by atoms with E-state index >= 15 is 0 Å². The second-order valence-corrected chi connectivity index (χ2v) is 3.71. The Morgan fingerprint density at radius 2 is 1.87 bits per heavy atom. The molecule has 0 unspecified atom stereocenters. The quantitative estimate of drug-likeness (QED) is 0.654. The normalized spacial score (nSPS) is 11.9. The van der Waals surface area contributed by atoms with E-state index < -0.39 is 0 Å². The van der Waals surface area contributed by atoms with Crippen molar-refractivity contribution in [1.82, 2.24) is 0 Å². The molecule has 0 heteroatoms. The van der Waals surface area contributed by atoms with Crippen LogP contribution < -0.4 is 10.4 Å². The van der Waals surface area contributed by atoms with Crippen molar-refractivity contribution < 1.29 is 0 Å². The molecule has 0 atom stereocenters. The average Bonchev–Trinajstić information content (AvgIpc) is 2.23. The molecule has 74 valence electrons. The molecular formula is C15H14. The molecule has 2 aromatic carbocycles. The zero-order valence-corrected chi connectivity index (χ0v) is 8.96. The third kappa shape index (κ3) is 1.59. The lowest BCUT2D eigenvalue weighted by Gasteiger charge is -2.02. The second kappa shape index (κ2) is 3.74. The van der Waals surface area contributed by atoms with Crippen molar-refractivity contribution >= 4 is 23.4 Å². The van der Waals surface area contributed by atoms with Crippen molar-refractivity contribution in [1.29, 1.82) is 0 Å². The Morgan fingerprint density at radius 3 is 2.60 bits per heavy atom. The average molecular weight is 194 g/mol. The molecule has 0 fully saturated rings. The van der Waals surface area contributed by atoms with Crippen molar-refractivity contribution in [2.75, 3.05) is 0 Å². The zero-order chi connectivity index (χ0) is 10.8. The van der Waals surface area contributed by atoms with Crippen LogP contribution in [0.25, 0.3) is 23.4 Å². The van der Waals surface area contributed by atoms with Crippen LogP contribution >= 0.6 is 0 Å². The van der Waals surface area contributed by atoms with E-state index in [0.717, 1.165) is 5.22 Å². The van der Waals surface area contributed by atoms with Gasteiger partial charge in [-0.15, -0.1) is 0 Å². The summed E-state index contributed by atoms with van der Waals surface area (Å²) >= 11 is 0. The molecule has 0 saturated heterocycles. The number of hydrogen-bond donors (Lipinski definition) is 0. The predicted octanol–water partition coefficient (Wildman–Crippen LogP) is 2.53. The van der Waals surface area contributed by atoms with E-state index in [1.165, 1.54) is 21.6 Å². The number of hydrogen-bond acceptors (Lipinski definition) is 0. The van der Waals surface area contributed by atoms with E-state index in [9.17, 15) is 0 Å². The maximum Gasteiger partial charge on any atom is -0.0103 e. The van der Waals surface area contributed by atoms with Crippen LogP contribution in [0.15, 0.2) is 43.0 Å². The number of aryl methyl sites for hydroxylation is 1. The lowest BCUT2D eigenvalue weighted by Crippen LogP contribution is -2.23. The Balaban J connectivity index is 3.08. The summed E-state index contributed by atoms with van der Waals surface area (Å²) in [5.41, 5.74) is 1.30. The summed E-state index contributed by atoms with van der Waals surface area (Å²) in [5.74, 6) is 0. The number of fused-ring (bicyclic) bond motifs is 1. The first-order valence-electron chi connectivity index (χ1n) is 5.04. The van der Waals surface area contributed by atoms with Crippen molar-refractivity contribution in [3.63, 3.8) is 0 Å². The molecule has 0 saturated carbocycles. The summed E-state index contributed by atoms with van der Waals surface area (Å²) in [6, 6.07) is 10.5. The van der Waals surface area contributed by atoms with Gasteiger partial charge in [-0.25, -0.2) is 0 Å². The largest absolute Gasteiger partial charge is 0.0990 e. The minimum Gasteiger partial charge on any atom is -0.0990 e. The maximum atomic E-state index is 4.04. The van der Waals surface area contributed by atoms with Gasteiger partial charge in [0.25, 0.3) is 0 Å². The lowest BCUT2D eigenvalue weighted by atomic mass is 10.0. The van der Waals surface area contributed by atoms with Gasteiger partial charge in [-0.2, -0.15) is 0 Å². The van der Waals surface area contributed by atoms with E-state index in [0.29, 0.717) is 0 Å². The molecule has 15 heavy (non-hydrogen) atoms. The van der Waals surface area contributed by atoms with Crippen molar-refractivity contribution in [2.24, 2.45) is 0 Å². The van der Waals surface area contributed by atoms with Gasteiger partial charge in [-0.3, -0.25) is 0 Å². The fourth-order valence-corrected chi connectivity index (χ4v) is 1.90. The van der Waals surface area contributed by atoms with Gasteiger partial charge < -0.3 is 0 Å². The van der Waals surface area contributed by atoms with Gasteiger partial charge >= 0.3 is 0 Å². The molecule has 0 heterocycles. The number of benzene rings is 2. The molecule has 0 aliphatic heterocycles. The molecule has 0 radical (unpaired) electrons. The molecule has 2 rings (SSSR count). The monoisotopic (exact) mass is 194 g/mol. The summed E-state index contributed by atoms with van der Waals surface area (Å²) in [6.45, 7) is 9.91. The van der Waals surface area contributed by atoms with Gasteiger partial charge in [0.05, 0.1) is 0 Å². The fraction of sp³-hybridized carbons (Fsp3) is 0.0667. The van der Waals surface area contributed by atoms with Crippen LogP contribution in [0.4, 0.5) is 0 Å². The van der Waals surface area contributed by atoms with E-state index in [1.807, 2.05) is 12.2 Å². The molecule has 0 nitrogen and oxygen atoms in total. The van der Waals surface area contributed by atoms with Crippen LogP contribution in [0.3, 0.4) is 0 Å². The SMILES string of the molecule is C=C/C=c1\c(=C)ccc2c(C)cccc12. The molecule has 0 aliphatic carbocycles. The van der Waals surface area contributed by atoms with E-state index in [2.05, 4.69) is 50.4 Å². The van der Waals surface area contributed by atoms with Crippen LogP contribution in [0.5, 0.6) is 0 Å². The molecule has 0 amide bonds. The summed E-state index contributed by atoms with van der Waals surface area (Å²) in [7, 11) is 0.